The van der Waals surface area contributed by atoms with E-state index >= 15 is 0 Å². The van der Waals surface area contributed by atoms with E-state index in [4.69, 9.17) is 5.11 Å². The van der Waals surface area contributed by atoms with Crippen LogP contribution in [0.25, 0.3) is 0 Å². The zero-order valence-electron chi connectivity index (χ0n) is 12.3. The van der Waals surface area contributed by atoms with Crippen LogP contribution in [0, 0.1) is 5.92 Å². The maximum Gasteiger partial charge on any atom is 0.320 e. The standard InChI is InChI=1S/C14H26N2O3/c1-4-5-12-6-8-15(10-12)14(19)16(11(2)3)9-7-13(17)18/h11-12H,4-10H2,1-3H3,(H,17,18). The molecule has 0 radical (unpaired) electrons. The molecule has 0 bridgehead atoms. The summed E-state index contributed by atoms with van der Waals surface area (Å²) in [5.41, 5.74) is 0. The second kappa shape index (κ2) is 7.36. The van der Waals surface area contributed by atoms with Crippen LogP contribution in [0.15, 0.2) is 0 Å². The van der Waals surface area contributed by atoms with Gasteiger partial charge in [-0.1, -0.05) is 13.3 Å². The number of likely N-dealkylation sites (tertiary alicyclic amines) is 1. The molecule has 110 valence electrons. The summed E-state index contributed by atoms with van der Waals surface area (Å²) in [6.45, 7) is 7.94. The summed E-state index contributed by atoms with van der Waals surface area (Å²) in [4.78, 5) is 26.6. The molecule has 1 heterocycles. The molecule has 0 aromatic rings. The van der Waals surface area contributed by atoms with Gasteiger partial charge < -0.3 is 14.9 Å². The van der Waals surface area contributed by atoms with E-state index in [0.29, 0.717) is 12.5 Å². The Hall–Kier alpha value is -1.26. The van der Waals surface area contributed by atoms with Gasteiger partial charge in [0.25, 0.3) is 0 Å². The highest BCUT2D eigenvalue weighted by atomic mass is 16.4. The van der Waals surface area contributed by atoms with Crippen molar-refractivity contribution < 1.29 is 14.7 Å². The van der Waals surface area contributed by atoms with Crippen molar-refractivity contribution in [1.29, 1.82) is 0 Å². The van der Waals surface area contributed by atoms with Crippen molar-refractivity contribution >= 4 is 12.0 Å². The van der Waals surface area contributed by atoms with E-state index in [2.05, 4.69) is 6.92 Å². The maximum absolute atomic E-state index is 12.4. The van der Waals surface area contributed by atoms with Crippen LogP contribution in [0.5, 0.6) is 0 Å². The molecule has 1 N–H and O–H groups in total. The predicted molar refractivity (Wildman–Crippen MR) is 74.1 cm³/mol. The van der Waals surface area contributed by atoms with Gasteiger partial charge in [0.15, 0.2) is 0 Å². The number of carboxylic acid groups (broad SMARTS) is 1. The van der Waals surface area contributed by atoms with Gasteiger partial charge in [-0.05, 0) is 32.6 Å². The molecule has 0 aromatic carbocycles. The Morgan fingerprint density at radius 2 is 2.11 bits per heavy atom. The van der Waals surface area contributed by atoms with E-state index in [-0.39, 0.29) is 18.5 Å². The first-order valence-electron chi connectivity index (χ1n) is 7.23. The summed E-state index contributed by atoms with van der Waals surface area (Å²) in [5, 5.41) is 8.75. The van der Waals surface area contributed by atoms with Gasteiger partial charge in [0, 0.05) is 25.7 Å². The summed E-state index contributed by atoms with van der Waals surface area (Å²) in [5.74, 6) is -0.244. The molecule has 1 unspecified atom stereocenters. The van der Waals surface area contributed by atoms with Crippen molar-refractivity contribution in [2.75, 3.05) is 19.6 Å². The van der Waals surface area contributed by atoms with E-state index in [1.165, 1.54) is 6.42 Å². The number of hydrogen-bond donors (Lipinski definition) is 1. The average molecular weight is 270 g/mol. The van der Waals surface area contributed by atoms with E-state index in [1.807, 2.05) is 18.7 Å². The molecule has 0 saturated carbocycles. The van der Waals surface area contributed by atoms with Gasteiger partial charge in [0.05, 0.1) is 6.42 Å². The number of nitrogens with zero attached hydrogens (tertiary/aromatic N) is 2. The first kappa shape index (κ1) is 15.8. The van der Waals surface area contributed by atoms with E-state index in [9.17, 15) is 9.59 Å². The van der Waals surface area contributed by atoms with Crippen molar-refractivity contribution in [3.63, 3.8) is 0 Å². The molecule has 1 aliphatic heterocycles. The fourth-order valence-electron chi connectivity index (χ4n) is 2.62. The summed E-state index contributed by atoms with van der Waals surface area (Å²) >= 11 is 0. The molecule has 0 spiro atoms. The molecule has 1 aliphatic rings. The van der Waals surface area contributed by atoms with Gasteiger partial charge in [0.1, 0.15) is 0 Å². The molecule has 1 saturated heterocycles. The smallest absolute Gasteiger partial charge is 0.320 e. The van der Waals surface area contributed by atoms with Gasteiger partial charge in [-0.15, -0.1) is 0 Å². The van der Waals surface area contributed by atoms with Gasteiger partial charge in [-0.2, -0.15) is 0 Å². The lowest BCUT2D eigenvalue weighted by atomic mass is 10.0. The number of amides is 2. The maximum atomic E-state index is 12.4. The highest BCUT2D eigenvalue weighted by Crippen LogP contribution is 2.22. The molecule has 5 heteroatoms. The Morgan fingerprint density at radius 1 is 1.42 bits per heavy atom. The van der Waals surface area contributed by atoms with Crippen LogP contribution < -0.4 is 0 Å². The summed E-state index contributed by atoms with van der Waals surface area (Å²) in [7, 11) is 0. The molecule has 1 fully saturated rings. The lowest BCUT2D eigenvalue weighted by molar-refractivity contribution is -0.137. The highest BCUT2D eigenvalue weighted by Gasteiger charge is 2.29. The molecule has 19 heavy (non-hydrogen) atoms. The topological polar surface area (TPSA) is 60.9 Å². The second-order valence-corrected chi connectivity index (χ2v) is 5.60. The lowest BCUT2D eigenvalue weighted by Gasteiger charge is -2.31. The fourth-order valence-corrected chi connectivity index (χ4v) is 2.62. The van der Waals surface area contributed by atoms with Gasteiger partial charge >= 0.3 is 12.0 Å². The summed E-state index contributed by atoms with van der Waals surface area (Å²) in [6.07, 6.45) is 3.40. The van der Waals surface area contributed by atoms with E-state index in [1.54, 1.807) is 4.90 Å². The Bertz CT molecular complexity index is 318. The minimum atomic E-state index is -0.858. The van der Waals surface area contributed by atoms with Gasteiger partial charge in [-0.25, -0.2) is 4.79 Å². The number of carbonyl (C=O) groups is 2. The third kappa shape index (κ3) is 4.73. The molecule has 1 atom stereocenters. The zero-order valence-corrected chi connectivity index (χ0v) is 12.3. The fraction of sp³-hybridized carbons (Fsp3) is 0.857. The number of carbonyl (C=O) groups excluding carboxylic acids is 1. The number of hydrogen-bond acceptors (Lipinski definition) is 2. The monoisotopic (exact) mass is 270 g/mol. The Kier molecular flexibility index (Phi) is 6.12. The first-order chi connectivity index (χ1) is 8.95. The van der Waals surface area contributed by atoms with Crippen LogP contribution in [-0.4, -0.2) is 52.6 Å². The van der Waals surface area contributed by atoms with Crippen LogP contribution in [0.2, 0.25) is 0 Å². The Balaban J connectivity index is 2.55. The van der Waals surface area contributed by atoms with Gasteiger partial charge in [0.2, 0.25) is 0 Å². The molecule has 1 rings (SSSR count). The van der Waals surface area contributed by atoms with E-state index < -0.39 is 5.97 Å². The van der Waals surface area contributed by atoms with Crippen molar-refractivity contribution in [1.82, 2.24) is 9.80 Å². The minimum absolute atomic E-state index is 0.00477. The third-order valence-electron chi connectivity index (χ3n) is 3.69. The SMILES string of the molecule is CCCC1CCN(C(=O)N(CCC(=O)O)C(C)C)C1. The Morgan fingerprint density at radius 3 is 2.63 bits per heavy atom. The van der Waals surface area contributed by atoms with Crippen LogP contribution >= 0.6 is 0 Å². The number of rotatable bonds is 6. The molecule has 0 aromatic heterocycles. The normalized spacial score (nSPS) is 18.9. The number of carboxylic acids is 1. The molecular formula is C14H26N2O3. The van der Waals surface area contributed by atoms with E-state index in [0.717, 1.165) is 25.9 Å². The van der Waals surface area contributed by atoms with Crippen molar-refractivity contribution in [3.8, 4) is 0 Å². The lowest BCUT2D eigenvalue weighted by Crippen LogP contribution is -2.46. The van der Waals surface area contributed by atoms with Crippen LogP contribution in [-0.2, 0) is 4.79 Å². The summed E-state index contributed by atoms with van der Waals surface area (Å²) < 4.78 is 0. The minimum Gasteiger partial charge on any atom is -0.481 e. The van der Waals surface area contributed by atoms with Crippen LogP contribution in [0.3, 0.4) is 0 Å². The molecular weight excluding hydrogens is 244 g/mol. The predicted octanol–water partition coefficient (Wildman–Crippen LogP) is 2.41. The first-order valence-corrected chi connectivity index (χ1v) is 7.23. The summed E-state index contributed by atoms with van der Waals surface area (Å²) in [6, 6.07) is 0.0342. The Labute approximate surface area is 115 Å². The van der Waals surface area contributed by atoms with Crippen LogP contribution in [0.4, 0.5) is 4.79 Å². The quantitative estimate of drug-likeness (QED) is 0.806. The van der Waals surface area contributed by atoms with Crippen molar-refractivity contribution in [2.45, 2.75) is 52.5 Å². The van der Waals surface area contributed by atoms with Gasteiger partial charge in [-0.3, -0.25) is 4.79 Å². The van der Waals surface area contributed by atoms with Crippen LogP contribution in [0.1, 0.15) is 46.5 Å². The highest BCUT2D eigenvalue weighted by molar-refractivity contribution is 5.76. The molecule has 5 nitrogen and oxygen atoms in total. The molecule has 0 aliphatic carbocycles. The van der Waals surface area contributed by atoms with Crippen molar-refractivity contribution in [3.05, 3.63) is 0 Å². The second-order valence-electron chi connectivity index (χ2n) is 5.60. The molecule has 2 amide bonds. The zero-order chi connectivity index (χ0) is 14.4. The van der Waals surface area contributed by atoms with Crippen molar-refractivity contribution in [2.24, 2.45) is 5.92 Å². The number of aliphatic carboxylic acids is 1. The third-order valence-corrected chi connectivity index (χ3v) is 3.69. The average Bonchev–Trinajstić information content (AvgIpc) is 2.77. The largest absolute Gasteiger partial charge is 0.481 e. The number of urea groups is 1.